The molecule has 0 radical (unpaired) electrons. The van der Waals surface area contributed by atoms with Gasteiger partial charge in [0.25, 0.3) is 6.43 Å². The SMILES string of the molecule is CCCC(/C=C/CO)Nc1nc(N)nc(C)c1Cc1ccc(CN(CC(=O)OC(C)(C)C)CC(F)F)cc1OC. The summed E-state index contributed by atoms with van der Waals surface area (Å²) in [6.45, 7) is 8.36. The number of aryl methyl sites for hydroxylation is 1. The zero-order valence-corrected chi connectivity index (χ0v) is 24.3. The number of benzene rings is 1. The van der Waals surface area contributed by atoms with Crippen LogP contribution in [0.4, 0.5) is 20.5 Å². The van der Waals surface area contributed by atoms with Crippen molar-refractivity contribution in [2.75, 3.05) is 37.9 Å². The average molecular weight is 564 g/mol. The van der Waals surface area contributed by atoms with Gasteiger partial charge in [-0.15, -0.1) is 0 Å². The molecule has 11 heteroatoms. The largest absolute Gasteiger partial charge is 0.496 e. The monoisotopic (exact) mass is 563 g/mol. The number of halogens is 2. The third-order valence-electron chi connectivity index (χ3n) is 5.92. The van der Waals surface area contributed by atoms with E-state index in [9.17, 15) is 18.7 Å². The fourth-order valence-electron chi connectivity index (χ4n) is 4.30. The molecule has 0 amide bonds. The summed E-state index contributed by atoms with van der Waals surface area (Å²) >= 11 is 0. The fourth-order valence-corrected chi connectivity index (χ4v) is 4.30. The predicted octanol–water partition coefficient (Wildman–Crippen LogP) is 4.50. The first-order valence-electron chi connectivity index (χ1n) is 13.4. The lowest BCUT2D eigenvalue weighted by atomic mass is 10.0. The van der Waals surface area contributed by atoms with E-state index in [1.165, 1.54) is 4.90 Å². The molecule has 0 aliphatic heterocycles. The normalized spacial score (nSPS) is 12.8. The van der Waals surface area contributed by atoms with E-state index in [0.29, 0.717) is 29.2 Å². The highest BCUT2D eigenvalue weighted by atomic mass is 19.3. The number of nitrogen functional groups attached to an aromatic ring is 1. The molecule has 0 aliphatic rings. The molecule has 1 atom stereocenters. The van der Waals surface area contributed by atoms with Gasteiger partial charge in [0.1, 0.15) is 17.2 Å². The molecular weight excluding hydrogens is 520 g/mol. The molecule has 1 aromatic heterocycles. The summed E-state index contributed by atoms with van der Waals surface area (Å²) in [6, 6.07) is 5.43. The van der Waals surface area contributed by atoms with Crippen LogP contribution < -0.4 is 15.8 Å². The van der Waals surface area contributed by atoms with E-state index in [0.717, 1.165) is 24.0 Å². The van der Waals surface area contributed by atoms with Crippen molar-refractivity contribution in [3.8, 4) is 5.75 Å². The molecule has 1 unspecified atom stereocenters. The summed E-state index contributed by atoms with van der Waals surface area (Å²) in [5.74, 6) is 0.749. The van der Waals surface area contributed by atoms with E-state index in [1.54, 1.807) is 40.0 Å². The Morgan fingerprint density at radius 1 is 1.27 bits per heavy atom. The number of nitrogens with two attached hydrogens (primary N) is 1. The average Bonchev–Trinajstić information content (AvgIpc) is 2.83. The summed E-state index contributed by atoms with van der Waals surface area (Å²) in [4.78, 5) is 22.5. The minimum atomic E-state index is -2.60. The number of anilines is 2. The molecule has 1 heterocycles. The van der Waals surface area contributed by atoms with Crippen molar-refractivity contribution in [3.63, 3.8) is 0 Å². The number of nitrogens with one attached hydrogen (secondary N) is 1. The van der Waals surface area contributed by atoms with Gasteiger partial charge in [0.2, 0.25) is 5.95 Å². The third kappa shape index (κ3) is 11.1. The Morgan fingerprint density at radius 3 is 2.60 bits per heavy atom. The van der Waals surface area contributed by atoms with Crippen LogP contribution in [0.25, 0.3) is 0 Å². The van der Waals surface area contributed by atoms with Crippen LogP contribution in [0.5, 0.6) is 5.75 Å². The Balaban J connectivity index is 2.32. The lowest BCUT2D eigenvalue weighted by Gasteiger charge is -2.25. The second-order valence-corrected chi connectivity index (χ2v) is 10.6. The molecule has 222 valence electrons. The molecule has 0 spiro atoms. The second kappa shape index (κ2) is 15.5. The van der Waals surface area contributed by atoms with Crippen LogP contribution in [0, 0.1) is 6.92 Å². The molecule has 40 heavy (non-hydrogen) atoms. The maximum atomic E-state index is 13.3. The van der Waals surface area contributed by atoms with Crippen LogP contribution in [0.15, 0.2) is 30.4 Å². The first-order chi connectivity index (χ1) is 18.8. The number of hydrogen-bond acceptors (Lipinski definition) is 9. The van der Waals surface area contributed by atoms with Crippen LogP contribution in [0.2, 0.25) is 0 Å². The van der Waals surface area contributed by atoms with Gasteiger partial charge in [0, 0.05) is 30.3 Å². The zero-order chi connectivity index (χ0) is 29.9. The number of esters is 1. The molecule has 2 rings (SSSR count). The maximum Gasteiger partial charge on any atom is 0.320 e. The first-order valence-corrected chi connectivity index (χ1v) is 13.4. The van der Waals surface area contributed by atoms with Crippen LogP contribution in [-0.2, 0) is 22.5 Å². The van der Waals surface area contributed by atoms with Crippen molar-refractivity contribution in [2.24, 2.45) is 0 Å². The van der Waals surface area contributed by atoms with Gasteiger partial charge in [-0.3, -0.25) is 9.69 Å². The van der Waals surface area contributed by atoms with Crippen LogP contribution >= 0.6 is 0 Å². The van der Waals surface area contributed by atoms with Gasteiger partial charge in [-0.2, -0.15) is 4.98 Å². The number of aliphatic hydroxyl groups excluding tert-OH is 1. The van der Waals surface area contributed by atoms with E-state index >= 15 is 0 Å². The Labute approximate surface area is 235 Å². The number of aliphatic hydroxyl groups is 1. The van der Waals surface area contributed by atoms with Gasteiger partial charge in [0.05, 0.1) is 26.8 Å². The molecule has 0 saturated carbocycles. The molecule has 0 bridgehead atoms. The van der Waals surface area contributed by atoms with Crippen molar-refractivity contribution in [2.45, 2.75) is 78.5 Å². The van der Waals surface area contributed by atoms with Crippen LogP contribution in [-0.4, -0.2) is 70.8 Å². The fraction of sp³-hybridized carbons (Fsp3) is 0.552. The molecule has 4 N–H and O–H groups in total. The summed E-state index contributed by atoms with van der Waals surface area (Å²) < 4.78 is 37.5. The highest BCUT2D eigenvalue weighted by Crippen LogP contribution is 2.29. The Kier molecular flexibility index (Phi) is 12.7. The van der Waals surface area contributed by atoms with Gasteiger partial charge in [-0.25, -0.2) is 13.8 Å². The summed E-state index contributed by atoms with van der Waals surface area (Å²) in [5.41, 5.74) is 8.36. The number of methoxy groups -OCH3 is 1. The number of carbonyl (C=O) groups is 1. The van der Waals surface area contributed by atoms with Gasteiger partial charge in [0.15, 0.2) is 0 Å². The van der Waals surface area contributed by atoms with Gasteiger partial charge in [-0.05, 0) is 51.3 Å². The van der Waals surface area contributed by atoms with E-state index in [-0.39, 0.29) is 31.7 Å². The number of aromatic nitrogens is 2. The number of ether oxygens (including phenoxy) is 2. The topological polar surface area (TPSA) is 123 Å². The molecule has 2 aromatic rings. The quantitative estimate of drug-likeness (QED) is 0.212. The smallest absolute Gasteiger partial charge is 0.320 e. The zero-order valence-electron chi connectivity index (χ0n) is 24.3. The highest BCUT2D eigenvalue weighted by Gasteiger charge is 2.22. The van der Waals surface area contributed by atoms with Crippen molar-refractivity contribution < 1.29 is 28.2 Å². The van der Waals surface area contributed by atoms with Gasteiger partial charge in [-0.1, -0.05) is 37.6 Å². The van der Waals surface area contributed by atoms with Gasteiger partial charge < -0.3 is 25.6 Å². The molecule has 0 fully saturated rings. The number of rotatable bonds is 15. The van der Waals surface area contributed by atoms with E-state index in [2.05, 4.69) is 22.2 Å². The lowest BCUT2D eigenvalue weighted by molar-refractivity contribution is -0.156. The van der Waals surface area contributed by atoms with E-state index in [4.69, 9.17) is 15.2 Å². The Bertz CT molecular complexity index is 1140. The van der Waals surface area contributed by atoms with Gasteiger partial charge >= 0.3 is 5.97 Å². The summed E-state index contributed by atoms with van der Waals surface area (Å²) in [6.07, 6.45) is 3.17. The maximum absolute atomic E-state index is 13.3. The standard InChI is InChI=1S/C29H43F2N5O4/c1-7-9-22(10-8-13-37)34-27-23(19(2)33-28(32)35-27)15-21-12-11-20(14-24(21)39-6)16-36(17-25(30)31)18-26(38)40-29(3,4)5/h8,10-12,14,22,25,37H,7,9,13,15-18H2,1-6H3,(H3,32,33,34,35)/b10-8+. The molecule has 0 saturated heterocycles. The van der Waals surface area contributed by atoms with Crippen molar-refractivity contribution in [3.05, 3.63) is 52.7 Å². The van der Waals surface area contributed by atoms with E-state index < -0.39 is 24.5 Å². The van der Waals surface area contributed by atoms with E-state index in [1.807, 2.05) is 25.1 Å². The molecule has 9 nitrogen and oxygen atoms in total. The number of nitrogens with zero attached hydrogens (tertiary/aromatic N) is 3. The number of hydrogen-bond donors (Lipinski definition) is 3. The van der Waals surface area contributed by atoms with Crippen molar-refractivity contribution in [1.29, 1.82) is 0 Å². The minimum absolute atomic E-state index is 0.0559. The minimum Gasteiger partial charge on any atom is -0.496 e. The van der Waals surface area contributed by atoms with Crippen molar-refractivity contribution >= 4 is 17.7 Å². The third-order valence-corrected chi connectivity index (χ3v) is 5.92. The van der Waals surface area contributed by atoms with Crippen molar-refractivity contribution in [1.82, 2.24) is 14.9 Å². The highest BCUT2D eigenvalue weighted by molar-refractivity contribution is 5.72. The molecular formula is C29H43F2N5O4. The Morgan fingerprint density at radius 2 is 2.00 bits per heavy atom. The number of carbonyl (C=O) groups excluding carboxylic acids is 1. The first kappa shape index (κ1) is 32.9. The Hall–Kier alpha value is -3.31. The van der Waals surface area contributed by atoms with Crippen LogP contribution in [0.1, 0.15) is 62.9 Å². The number of alkyl halides is 2. The molecule has 0 aliphatic carbocycles. The van der Waals surface area contributed by atoms with Crippen LogP contribution in [0.3, 0.4) is 0 Å². The molecule has 1 aromatic carbocycles. The second-order valence-electron chi connectivity index (χ2n) is 10.6. The predicted molar refractivity (Wildman–Crippen MR) is 153 cm³/mol. The lowest BCUT2D eigenvalue weighted by Crippen LogP contribution is -2.37. The summed E-state index contributed by atoms with van der Waals surface area (Å²) in [7, 11) is 1.54. The summed E-state index contributed by atoms with van der Waals surface area (Å²) in [5, 5.41) is 12.6.